The van der Waals surface area contributed by atoms with Gasteiger partial charge >= 0.3 is 0 Å². The first-order valence-corrected chi connectivity index (χ1v) is 10.5. The van der Waals surface area contributed by atoms with Gasteiger partial charge in [0.05, 0.1) is 12.6 Å². The fourth-order valence-electron chi connectivity index (χ4n) is 4.07. The van der Waals surface area contributed by atoms with Crippen LogP contribution in [-0.2, 0) is 6.54 Å². The van der Waals surface area contributed by atoms with E-state index in [-0.39, 0.29) is 6.04 Å². The number of allylic oxidation sites excluding steroid dienone is 1. The molecule has 156 valence electrons. The molecule has 1 aromatic carbocycles. The summed E-state index contributed by atoms with van der Waals surface area (Å²) >= 11 is 0. The van der Waals surface area contributed by atoms with Crippen LogP contribution in [0.5, 0.6) is 0 Å². The minimum atomic E-state index is 0.252. The third kappa shape index (κ3) is 5.04. The molecule has 0 aromatic heterocycles. The first-order valence-electron chi connectivity index (χ1n) is 10.5. The number of anilines is 1. The average Bonchev–Trinajstić information content (AvgIpc) is 3.03. The van der Waals surface area contributed by atoms with Gasteiger partial charge in [-0.15, -0.1) is 0 Å². The smallest absolute Gasteiger partial charge is 0.0693 e. The Hall–Kier alpha value is -2.66. The van der Waals surface area contributed by atoms with Crippen LogP contribution >= 0.6 is 0 Å². The van der Waals surface area contributed by atoms with Crippen molar-refractivity contribution in [3.05, 3.63) is 72.7 Å². The third-order valence-corrected chi connectivity index (χ3v) is 5.72. The Labute approximate surface area is 175 Å². The number of nitrogens with zero attached hydrogens (tertiary/aromatic N) is 1. The van der Waals surface area contributed by atoms with Crippen molar-refractivity contribution in [3.63, 3.8) is 0 Å². The maximum absolute atomic E-state index is 4.38. The topological polar surface area (TPSA) is 51.4 Å². The van der Waals surface area contributed by atoms with Gasteiger partial charge in [-0.3, -0.25) is 0 Å². The molecule has 29 heavy (non-hydrogen) atoms. The summed E-state index contributed by atoms with van der Waals surface area (Å²) in [6, 6.07) is 6.66. The molecule has 5 heteroatoms. The SMILES string of the molecule is C=C(CNc1cccc2c1CN(C1CCC(=C)NC1=C)C2=C)NCCCCNC. The first-order chi connectivity index (χ1) is 14.0. The van der Waals surface area contributed by atoms with E-state index in [1.54, 1.807) is 0 Å². The molecule has 3 rings (SSSR count). The van der Waals surface area contributed by atoms with Crippen LogP contribution in [0.1, 0.15) is 36.8 Å². The van der Waals surface area contributed by atoms with Crippen molar-refractivity contribution in [1.82, 2.24) is 20.9 Å². The number of rotatable bonds is 10. The minimum absolute atomic E-state index is 0.252. The van der Waals surface area contributed by atoms with E-state index in [2.05, 4.69) is 70.7 Å². The summed E-state index contributed by atoms with van der Waals surface area (Å²) < 4.78 is 0. The van der Waals surface area contributed by atoms with Crippen LogP contribution in [0.3, 0.4) is 0 Å². The first kappa shape index (κ1) is 21.1. The number of unbranched alkanes of at least 4 members (excludes halogenated alkanes) is 1. The number of piperidine rings is 1. The maximum atomic E-state index is 4.38. The van der Waals surface area contributed by atoms with Crippen molar-refractivity contribution in [2.45, 2.75) is 38.3 Å². The molecule has 1 saturated heterocycles. The largest absolute Gasteiger partial charge is 0.387 e. The molecule has 1 fully saturated rings. The number of hydrogen-bond donors (Lipinski definition) is 4. The van der Waals surface area contributed by atoms with Crippen molar-refractivity contribution < 1.29 is 0 Å². The molecule has 0 aliphatic carbocycles. The average molecular weight is 394 g/mol. The van der Waals surface area contributed by atoms with Crippen LogP contribution in [-0.4, -0.2) is 37.6 Å². The van der Waals surface area contributed by atoms with Gasteiger partial charge in [-0.25, -0.2) is 0 Å². The molecule has 0 amide bonds. The van der Waals surface area contributed by atoms with Gasteiger partial charge in [-0.1, -0.05) is 38.4 Å². The molecular formula is C24H35N5. The minimum Gasteiger partial charge on any atom is -0.387 e. The molecule has 1 atom stereocenters. The summed E-state index contributed by atoms with van der Waals surface area (Å²) in [5.41, 5.74) is 7.83. The van der Waals surface area contributed by atoms with Gasteiger partial charge in [0.1, 0.15) is 0 Å². The van der Waals surface area contributed by atoms with Crippen LogP contribution in [0.15, 0.2) is 61.6 Å². The van der Waals surface area contributed by atoms with Gasteiger partial charge < -0.3 is 26.2 Å². The second-order valence-electron chi connectivity index (χ2n) is 7.91. The van der Waals surface area contributed by atoms with E-state index in [1.807, 2.05) is 7.05 Å². The fraction of sp³-hybridized carbons (Fsp3) is 0.417. The van der Waals surface area contributed by atoms with Crippen molar-refractivity contribution in [2.24, 2.45) is 0 Å². The number of nitrogens with one attached hydrogen (secondary N) is 4. The molecule has 0 saturated carbocycles. The lowest BCUT2D eigenvalue weighted by Crippen LogP contribution is -2.39. The summed E-state index contributed by atoms with van der Waals surface area (Å²) in [5.74, 6) is 0. The lowest BCUT2D eigenvalue weighted by molar-refractivity contribution is 0.297. The van der Waals surface area contributed by atoms with Crippen molar-refractivity contribution in [2.75, 3.05) is 32.0 Å². The molecule has 2 heterocycles. The third-order valence-electron chi connectivity index (χ3n) is 5.72. The van der Waals surface area contributed by atoms with Gasteiger partial charge in [-0.05, 0) is 45.3 Å². The Morgan fingerprint density at radius 1 is 1.21 bits per heavy atom. The predicted octanol–water partition coefficient (Wildman–Crippen LogP) is 3.77. The number of hydrogen-bond acceptors (Lipinski definition) is 5. The van der Waals surface area contributed by atoms with Gasteiger partial charge in [0.2, 0.25) is 0 Å². The van der Waals surface area contributed by atoms with Crippen molar-refractivity contribution in [1.29, 1.82) is 0 Å². The predicted molar refractivity (Wildman–Crippen MR) is 124 cm³/mol. The summed E-state index contributed by atoms with van der Waals surface area (Å²) in [5, 5.41) is 13.5. The van der Waals surface area contributed by atoms with Crippen LogP contribution in [0.25, 0.3) is 5.70 Å². The molecule has 0 bridgehead atoms. The highest BCUT2D eigenvalue weighted by Crippen LogP contribution is 2.40. The molecule has 2 aliphatic heterocycles. The summed E-state index contributed by atoms with van der Waals surface area (Å²) in [6.45, 7) is 20.4. The highest BCUT2D eigenvalue weighted by atomic mass is 15.2. The number of benzene rings is 1. The van der Waals surface area contributed by atoms with E-state index in [9.17, 15) is 0 Å². The molecule has 0 radical (unpaired) electrons. The molecule has 1 unspecified atom stereocenters. The Morgan fingerprint density at radius 2 is 2.00 bits per heavy atom. The fourth-order valence-corrected chi connectivity index (χ4v) is 4.07. The monoisotopic (exact) mass is 393 g/mol. The second-order valence-corrected chi connectivity index (χ2v) is 7.91. The quantitative estimate of drug-likeness (QED) is 0.456. The Kier molecular flexibility index (Phi) is 7.04. The summed E-state index contributed by atoms with van der Waals surface area (Å²) in [4.78, 5) is 2.37. The number of fused-ring (bicyclic) bond motifs is 1. The maximum Gasteiger partial charge on any atom is 0.0693 e. The van der Waals surface area contributed by atoms with E-state index in [1.165, 1.54) is 17.5 Å². The second kappa shape index (κ2) is 9.70. The van der Waals surface area contributed by atoms with Crippen LogP contribution in [0.4, 0.5) is 5.69 Å². The van der Waals surface area contributed by atoms with Crippen molar-refractivity contribution in [3.8, 4) is 0 Å². The molecule has 5 nitrogen and oxygen atoms in total. The molecular weight excluding hydrogens is 358 g/mol. The molecule has 1 aromatic rings. The van der Waals surface area contributed by atoms with Gasteiger partial charge in [0.15, 0.2) is 0 Å². The summed E-state index contributed by atoms with van der Waals surface area (Å²) in [7, 11) is 1.99. The Morgan fingerprint density at radius 3 is 2.76 bits per heavy atom. The van der Waals surface area contributed by atoms with Gasteiger partial charge in [-0.2, -0.15) is 0 Å². The lowest BCUT2D eigenvalue weighted by atomic mass is 10.0. The van der Waals surface area contributed by atoms with Crippen LogP contribution < -0.4 is 21.3 Å². The van der Waals surface area contributed by atoms with Crippen LogP contribution in [0, 0.1) is 0 Å². The van der Waals surface area contributed by atoms with Crippen LogP contribution in [0.2, 0.25) is 0 Å². The highest BCUT2D eigenvalue weighted by molar-refractivity contribution is 5.75. The van der Waals surface area contributed by atoms with E-state index in [4.69, 9.17) is 0 Å². The van der Waals surface area contributed by atoms with Gasteiger partial charge in [0, 0.05) is 52.7 Å². The molecule has 0 spiro atoms. The van der Waals surface area contributed by atoms with E-state index >= 15 is 0 Å². The standard InChI is InChI=1S/C24H35N5/c1-17-11-12-24(19(3)28-17)29-16-22-21(20(29)4)9-8-10-23(22)27-15-18(2)26-14-7-6-13-25-5/h8-10,24-28H,1-4,6-7,11-16H2,5H3. The zero-order valence-electron chi connectivity index (χ0n) is 17.7. The Bertz CT molecular complexity index is 794. The van der Waals surface area contributed by atoms with E-state index in [0.29, 0.717) is 6.54 Å². The Balaban J connectivity index is 1.58. The zero-order valence-corrected chi connectivity index (χ0v) is 17.7. The summed E-state index contributed by atoms with van der Waals surface area (Å²) in [6.07, 6.45) is 4.30. The van der Waals surface area contributed by atoms with E-state index < -0.39 is 0 Å². The normalized spacial score (nSPS) is 18.4. The molecule has 4 N–H and O–H groups in total. The highest BCUT2D eigenvalue weighted by Gasteiger charge is 2.33. The molecule has 2 aliphatic rings. The zero-order chi connectivity index (χ0) is 20.8. The van der Waals surface area contributed by atoms with Gasteiger partial charge in [0.25, 0.3) is 0 Å². The van der Waals surface area contributed by atoms with Crippen molar-refractivity contribution >= 4 is 11.4 Å². The van der Waals surface area contributed by atoms with E-state index in [0.717, 1.165) is 67.4 Å². The lowest BCUT2D eigenvalue weighted by Gasteiger charge is -2.36.